The molecule has 1 heterocycles. The molecule has 0 aliphatic rings. The number of rotatable bonds is 2. The third-order valence-electron chi connectivity index (χ3n) is 4.96. The molecule has 0 aliphatic heterocycles. The van der Waals surface area contributed by atoms with Crippen molar-refractivity contribution in [1.82, 2.24) is 4.57 Å². The van der Waals surface area contributed by atoms with Crippen LogP contribution in [0, 0.1) is 5.82 Å². The molecule has 0 N–H and O–H groups in total. The Labute approximate surface area is 150 Å². The number of benzene rings is 4. The molecule has 5 aromatic rings. The van der Waals surface area contributed by atoms with Crippen molar-refractivity contribution in [2.45, 2.75) is 0 Å². The molecule has 0 saturated heterocycles. The molecule has 0 amide bonds. The van der Waals surface area contributed by atoms with Gasteiger partial charge in [0.2, 0.25) is 0 Å². The second kappa shape index (κ2) is 5.60. The van der Waals surface area contributed by atoms with Crippen LogP contribution in [0.5, 0.6) is 5.75 Å². The van der Waals surface area contributed by atoms with E-state index in [0.29, 0.717) is 0 Å². The number of hydrogen-bond donors (Lipinski definition) is 0. The summed E-state index contributed by atoms with van der Waals surface area (Å²) in [7, 11) is 1.48. The first kappa shape index (κ1) is 15.0. The Morgan fingerprint density at radius 3 is 2.35 bits per heavy atom. The maximum absolute atomic E-state index is 14.4. The minimum atomic E-state index is -0.364. The Morgan fingerprint density at radius 2 is 1.54 bits per heavy atom. The van der Waals surface area contributed by atoms with E-state index in [2.05, 4.69) is 47.0 Å². The second-order valence-corrected chi connectivity index (χ2v) is 6.35. The van der Waals surface area contributed by atoms with Crippen LogP contribution in [-0.2, 0) is 0 Å². The van der Waals surface area contributed by atoms with Crippen molar-refractivity contribution >= 4 is 32.6 Å². The van der Waals surface area contributed by atoms with Crippen LogP contribution in [-0.4, -0.2) is 11.7 Å². The average molecular weight is 341 g/mol. The summed E-state index contributed by atoms with van der Waals surface area (Å²) in [5.74, 6) is -0.114. The molecule has 0 saturated carbocycles. The van der Waals surface area contributed by atoms with Crippen molar-refractivity contribution in [2.75, 3.05) is 7.11 Å². The van der Waals surface area contributed by atoms with E-state index >= 15 is 0 Å². The van der Waals surface area contributed by atoms with Crippen molar-refractivity contribution in [3.05, 3.63) is 84.7 Å². The zero-order valence-corrected chi connectivity index (χ0v) is 14.2. The van der Waals surface area contributed by atoms with Crippen molar-refractivity contribution in [1.29, 1.82) is 0 Å². The molecule has 1 aromatic heterocycles. The van der Waals surface area contributed by atoms with Gasteiger partial charge in [-0.25, -0.2) is 4.39 Å². The second-order valence-electron chi connectivity index (χ2n) is 6.35. The highest BCUT2D eigenvalue weighted by molar-refractivity contribution is 6.21. The van der Waals surface area contributed by atoms with Gasteiger partial charge in [0.25, 0.3) is 0 Å². The largest absolute Gasteiger partial charge is 0.494 e. The molecule has 0 fully saturated rings. The molecule has 4 aromatic carbocycles. The topological polar surface area (TPSA) is 14.2 Å². The van der Waals surface area contributed by atoms with Crippen LogP contribution in [0.2, 0.25) is 0 Å². The molecule has 0 unspecified atom stereocenters. The van der Waals surface area contributed by atoms with E-state index in [0.717, 1.165) is 22.1 Å². The predicted octanol–water partition coefficient (Wildman–Crippen LogP) is 6.08. The lowest BCUT2D eigenvalue weighted by molar-refractivity contribution is 0.386. The van der Waals surface area contributed by atoms with Crippen LogP contribution in [0.15, 0.2) is 78.9 Å². The molecule has 0 atom stereocenters. The van der Waals surface area contributed by atoms with E-state index in [1.54, 1.807) is 6.07 Å². The molecule has 0 radical (unpaired) electrons. The molecule has 0 bridgehead atoms. The Hall–Kier alpha value is -3.33. The number of para-hydroxylation sites is 1. The molecular formula is C23H16FNO. The Balaban J connectivity index is 1.96. The summed E-state index contributed by atoms with van der Waals surface area (Å²) in [5, 5.41) is 4.75. The minimum absolute atomic E-state index is 0.250. The zero-order valence-electron chi connectivity index (χ0n) is 14.2. The Morgan fingerprint density at radius 1 is 0.769 bits per heavy atom. The zero-order chi connectivity index (χ0) is 17.7. The van der Waals surface area contributed by atoms with Crippen LogP contribution in [0.1, 0.15) is 0 Å². The Kier molecular flexibility index (Phi) is 3.22. The summed E-state index contributed by atoms with van der Waals surface area (Å²) < 4.78 is 21.5. The summed E-state index contributed by atoms with van der Waals surface area (Å²) >= 11 is 0. The van der Waals surface area contributed by atoms with Gasteiger partial charge in [-0.05, 0) is 35.0 Å². The number of halogens is 1. The standard InChI is InChI=1S/C23H16FNO/c1-26-22-13-11-16(14-19(22)24)25-20-9-5-4-8-18(20)23-17-7-3-2-6-15(17)10-12-21(23)25/h2-14H,1H3. The predicted molar refractivity (Wildman–Crippen MR) is 105 cm³/mol. The lowest BCUT2D eigenvalue weighted by Gasteiger charge is -2.10. The highest BCUT2D eigenvalue weighted by atomic mass is 19.1. The third-order valence-corrected chi connectivity index (χ3v) is 4.96. The lowest BCUT2D eigenvalue weighted by Crippen LogP contribution is -1.96. The highest BCUT2D eigenvalue weighted by Crippen LogP contribution is 2.37. The number of nitrogens with zero attached hydrogens (tertiary/aromatic N) is 1. The number of aromatic nitrogens is 1. The van der Waals surface area contributed by atoms with Gasteiger partial charge in [-0.3, -0.25) is 0 Å². The number of hydrogen-bond acceptors (Lipinski definition) is 1. The van der Waals surface area contributed by atoms with Gasteiger partial charge in [0.05, 0.1) is 18.1 Å². The molecule has 2 nitrogen and oxygen atoms in total. The van der Waals surface area contributed by atoms with E-state index in [9.17, 15) is 4.39 Å². The first-order valence-electron chi connectivity index (χ1n) is 8.53. The number of ether oxygens (including phenoxy) is 1. The van der Waals surface area contributed by atoms with Gasteiger partial charge in [0.15, 0.2) is 11.6 Å². The first-order valence-corrected chi connectivity index (χ1v) is 8.53. The van der Waals surface area contributed by atoms with Gasteiger partial charge >= 0.3 is 0 Å². The first-order chi connectivity index (χ1) is 12.8. The molecule has 3 heteroatoms. The molecule has 126 valence electrons. The van der Waals surface area contributed by atoms with E-state index in [1.165, 1.54) is 29.3 Å². The van der Waals surface area contributed by atoms with Crippen molar-refractivity contribution < 1.29 is 9.13 Å². The summed E-state index contributed by atoms with van der Waals surface area (Å²) in [6, 6.07) is 25.9. The van der Waals surface area contributed by atoms with Crippen molar-refractivity contribution in [2.24, 2.45) is 0 Å². The maximum atomic E-state index is 14.4. The summed E-state index contributed by atoms with van der Waals surface area (Å²) in [4.78, 5) is 0. The quantitative estimate of drug-likeness (QED) is 0.379. The number of methoxy groups -OCH3 is 1. The van der Waals surface area contributed by atoms with Crippen LogP contribution < -0.4 is 4.74 Å². The van der Waals surface area contributed by atoms with E-state index in [4.69, 9.17) is 4.74 Å². The van der Waals surface area contributed by atoms with Crippen LogP contribution in [0.4, 0.5) is 4.39 Å². The molecule has 26 heavy (non-hydrogen) atoms. The normalized spacial score (nSPS) is 11.5. The fourth-order valence-corrected chi connectivity index (χ4v) is 3.81. The van der Waals surface area contributed by atoms with Crippen LogP contribution in [0.3, 0.4) is 0 Å². The fraction of sp³-hybridized carbons (Fsp3) is 0.0435. The molecule has 5 rings (SSSR count). The summed E-state index contributed by atoms with van der Waals surface area (Å²) in [5.41, 5.74) is 2.91. The van der Waals surface area contributed by atoms with Crippen molar-refractivity contribution in [3.63, 3.8) is 0 Å². The monoisotopic (exact) mass is 341 g/mol. The average Bonchev–Trinajstić information content (AvgIpc) is 3.02. The summed E-state index contributed by atoms with van der Waals surface area (Å²) in [6.07, 6.45) is 0. The minimum Gasteiger partial charge on any atom is -0.494 e. The van der Waals surface area contributed by atoms with Gasteiger partial charge in [0.1, 0.15) is 0 Å². The fourth-order valence-electron chi connectivity index (χ4n) is 3.81. The van der Waals surface area contributed by atoms with Gasteiger partial charge in [0, 0.05) is 22.5 Å². The molecule has 0 aliphatic carbocycles. The highest BCUT2D eigenvalue weighted by Gasteiger charge is 2.15. The van der Waals surface area contributed by atoms with Gasteiger partial charge < -0.3 is 9.30 Å². The van der Waals surface area contributed by atoms with E-state index in [1.807, 2.05) is 24.3 Å². The van der Waals surface area contributed by atoms with Crippen molar-refractivity contribution in [3.8, 4) is 11.4 Å². The van der Waals surface area contributed by atoms with Crippen LogP contribution in [0.25, 0.3) is 38.3 Å². The summed E-state index contributed by atoms with van der Waals surface area (Å²) in [6.45, 7) is 0. The lowest BCUT2D eigenvalue weighted by atomic mass is 10.0. The van der Waals surface area contributed by atoms with E-state index < -0.39 is 0 Å². The van der Waals surface area contributed by atoms with Gasteiger partial charge in [-0.1, -0.05) is 48.5 Å². The van der Waals surface area contributed by atoms with Gasteiger partial charge in [-0.2, -0.15) is 0 Å². The van der Waals surface area contributed by atoms with Crippen LogP contribution >= 0.6 is 0 Å². The molecular weight excluding hydrogens is 325 g/mol. The maximum Gasteiger partial charge on any atom is 0.167 e. The SMILES string of the molecule is COc1ccc(-n2c3ccccc3c3c4ccccc4ccc32)cc1F. The molecule has 0 spiro atoms. The third kappa shape index (κ3) is 2.04. The number of fused-ring (bicyclic) bond motifs is 5. The smallest absolute Gasteiger partial charge is 0.167 e. The van der Waals surface area contributed by atoms with E-state index in [-0.39, 0.29) is 11.6 Å². The Bertz CT molecular complexity index is 1290. The van der Waals surface area contributed by atoms with Gasteiger partial charge in [-0.15, -0.1) is 0 Å².